The van der Waals surface area contributed by atoms with Gasteiger partial charge in [0.15, 0.2) is 0 Å². The Hall–Kier alpha value is -2.20. The number of hydrogen-bond acceptors (Lipinski definition) is 2. The van der Waals surface area contributed by atoms with Crippen LogP contribution >= 0.6 is 0 Å². The molecule has 0 amide bonds. The molecular weight excluding hydrogens is 229 g/mol. The lowest BCUT2D eigenvalue weighted by Gasteiger charge is -2.03. The molecule has 0 radical (unpaired) electrons. The molecule has 0 unspecified atom stereocenters. The fraction of sp³-hybridized carbons (Fsp3) is 0.0714. The quantitative estimate of drug-likeness (QED) is 0.642. The van der Waals surface area contributed by atoms with Gasteiger partial charge in [0.05, 0.1) is 11.3 Å². The second-order valence-corrected chi connectivity index (χ2v) is 3.85. The van der Waals surface area contributed by atoms with Crippen molar-refractivity contribution in [3.63, 3.8) is 0 Å². The van der Waals surface area contributed by atoms with Gasteiger partial charge in [0.2, 0.25) is 0 Å². The lowest BCUT2D eigenvalue weighted by atomic mass is 10.2. The summed E-state index contributed by atoms with van der Waals surface area (Å²) in [7, 11) is 0. The number of rotatable bonds is 3. The molecule has 0 aliphatic carbocycles. The van der Waals surface area contributed by atoms with E-state index in [1.165, 1.54) is 6.07 Å². The topological polar surface area (TPSA) is 64.4 Å². The Kier molecular flexibility index (Phi) is 3.69. The third kappa shape index (κ3) is 2.73. The van der Waals surface area contributed by atoms with E-state index in [-0.39, 0.29) is 11.7 Å². The molecular formula is C14H14FN3. The van der Waals surface area contributed by atoms with Crippen molar-refractivity contribution in [2.24, 2.45) is 16.5 Å². The second kappa shape index (κ2) is 5.42. The van der Waals surface area contributed by atoms with E-state index in [2.05, 4.69) is 4.99 Å². The molecule has 0 fully saturated rings. The van der Waals surface area contributed by atoms with Gasteiger partial charge >= 0.3 is 0 Å². The molecule has 92 valence electrons. The highest BCUT2D eigenvalue weighted by Gasteiger charge is 2.04. The first-order valence-corrected chi connectivity index (χ1v) is 5.59. The molecule has 4 N–H and O–H groups in total. The molecule has 0 spiro atoms. The average molecular weight is 243 g/mol. The average Bonchev–Trinajstić information content (AvgIpc) is 2.40. The first kappa shape index (κ1) is 12.3. The van der Waals surface area contributed by atoms with Gasteiger partial charge in [-0.05, 0) is 29.8 Å². The van der Waals surface area contributed by atoms with E-state index >= 15 is 0 Å². The van der Waals surface area contributed by atoms with Crippen molar-refractivity contribution in [3.8, 4) is 0 Å². The van der Waals surface area contributed by atoms with E-state index in [9.17, 15) is 4.39 Å². The normalized spacial score (nSPS) is 11.6. The maximum Gasteiger partial charge on any atom is 0.134 e. The zero-order chi connectivity index (χ0) is 13.0. The molecule has 0 saturated carbocycles. The molecule has 2 rings (SSSR count). The van der Waals surface area contributed by atoms with E-state index in [1.807, 2.05) is 12.1 Å². The maximum atomic E-state index is 13.5. The van der Waals surface area contributed by atoms with Crippen molar-refractivity contribution in [1.29, 1.82) is 0 Å². The van der Waals surface area contributed by atoms with Crippen molar-refractivity contribution < 1.29 is 4.39 Å². The van der Waals surface area contributed by atoms with Crippen molar-refractivity contribution in [2.75, 3.05) is 0 Å². The Morgan fingerprint density at radius 2 is 1.72 bits per heavy atom. The third-order valence-corrected chi connectivity index (χ3v) is 2.57. The van der Waals surface area contributed by atoms with Crippen molar-refractivity contribution in [2.45, 2.75) is 6.54 Å². The van der Waals surface area contributed by atoms with E-state index < -0.39 is 0 Å². The first-order chi connectivity index (χ1) is 8.70. The number of aliphatic imine (C=N–C) groups is 1. The standard InChI is InChI=1S/C14H14FN3/c15-13-4-2-1-3-12(13)14(17)18-11-7-5-10(9-16)6-8-11/h1-8H,9,16H2,(H2,17,18). The molecule has 4 heteroatoms. The van der Waals surface area contributed by atoms with Gasteiger partial charge in [0, 0.05) is 6.54 Å². The number of benzene rings is 2. The van der Waals surface area contributed by atoms with Gasteiger partial charge < -0.3 is 11.5 Å². The van der Waals surface area contributed by atoms with Crippen LogP contribution in [0.15, 0.2) is 53.5 Å². The Bertz CT molecular complexity index is 562. The van der Waals surface area contributed by atoms with Crippen LogP contribution in [0.4, 0.5) is 10.1 Å². The molecule has 0 aromatic heterocycles. The van der Waals surface area contributed by atoms with Gasteiger partial charge in [-0.3, -0.25) is 0 Å². The summed E-state index contributed by atoms with van der Waals surface area (Å²) >= 11 is 0. The lowest BCUT2D eigenvalue weighted by molar-refractivity contribution is 0.625. The lowest BCUT2D eigenvalue weighted by Crippen LogP contribution is -2.14. The zero-order valence-corrected chi connectivity index (χ0v) is 9.81. The maximum absolute atomic E-state index is 13.5. The largest absolute Gasteiger partial charge is 0.383 e. The Labute approximate surface area is 105 Å². The van der Waals surface area contributed by atoms with Gasteiger partial charge in [0.1, 0.15) is 11.7 Å². The molecule has 0 bridgehead atoms. The van der Waals surface area contributed by atoms with E-state index in [0.29, 0.717) is 17.8 Å². The third-order valence-electron chi connectivity index (χ3n) is 2.57. The summed E-state index contributed by atoms with van der Waals surface area (Å²) in [5, 5.41) is 0. The SMILES string of the molecule is NCc1ccc(N=C(N)c2ccccc2F)cc1. The van der Waals surface area contributed by atoms with Gasteiger partial charge in [-0.25, -0.2) is 9.38 Å². The summed E-state index contributed by atoms with van der Waals surface area (Å²) in [5.41, 5.74) is 13.3. The monoisotopic (exact) mass is 243 g/mol. The van der Waals surface area contributed by atoms with Crippen LogP contribution in [0.1, 0.15) is 11.1 Å². The summed E-state index contributed by atoms with van der Waals surface area (Å²) in [6.07, 6.45) is 0. The van der Waals surface area contributed by atoms with Crippen LogP contribution in [0.2, 0.25) is 0 Å². The Morgan fingerprint density at radius 1 is 1.06 bits per heavy atom. The van der Waals surface area contributed by atoms with E-state index in [1.54, 1.807) is 30.3 Å². The minimum atomic E-state index is -0.377. The highest BCUT2D eigenvalue weighted by molar-refractivity contribution is 5.99. The molecule has 0 saturated heterocycles. The van der Waals surface area contributed by atoms with Crippen LogP contribution in [-0.2, 0) is 6.54 Å². The van der Waals surface area contributed by atoms with E-state index in [0.717, 1.165) is 5.56 Å². The smallest absolute Gasteiger partial charge is 0.134 e. The molecule has 2 aromatic carbocycles. The number of nitrogens with two attached hydrogens (primary N) is 2. The zero-order valence-electron chi connectivity index (χ0n) is 9.81. The predicted octanol–water partition coefficient (Wildman–Crippen LogP) is 2.32. The van der Waals surface area contributed by atoms with Gasteiger partial charge in [-0.15, -0.1) is 0 Å². The molecule has 0 aliphatic heterocycles. The van der Waals surface area contributed by atoms with Crippen LogP contribution < -0.4 is 11.5 Å². The molecule has 3 nitrogen and oxygen atoms in total. The van der Waals surface area contributed by atoms with Gasteiger partial charge in [0.25, 0.3) is 0 Å². The number of amidine groups is 1. The van der Waals surface area contributed by atoms with Crippen LogP contribution in [0, 0.1) is 5.82 Å². The fourth-order valence-corrected chi connectivity index (χ4v) is 1.57. The number of hydrogen-bond donors (Lipinski definition) is 2. The van der Waals surface area contributed by atoms with Crippen molar-refractivity contribution >= 4 is 11.5 Å². The Balaban J connectivity index is 2.29. The summed E-state index contributed by atoms with van der Waals surface area (Å²) < 4.78 is 13.5. The summed E-state index contributed by atoms with van der Waals surface area (Å²) in [5.74, 6) is -0.217. The van der Waals surface area contributed by atoms with Gasteiger partial charge in [-0.2, -0.15) is 0 Å². The summed E-state index contributed by atoms with van der Waals surface area (Å²) in [6, 6.07) is 13.6. The van der Waals surface area contributed by atoms with Crippen LogP contribution in [0.25, 0.3) is 0 Å². The highest BCUT2D eigenvalue weighted by atomic mass is 19.1. The first-order valence-electron chi connectivity index (χ1n) is 5.59. The molecule has 2 aromatic rings. The number of nitrogens with zero attached hydrogens (tertiary/aromatic N) is 1. The highest BCUT2D eigenvalue weighted by Crippen LogP contribution is 2.15. The van der Waals surface area contributed by atoms with Gasteiger partial charge in [-0.1, -0.05) is 24.3 Å². The minimum absolute atomic E-state index is 0.161. The summed E-state index contributed by atoms with van der Waals surface area (Å²) in [4.78, 5) is 4.18. The second-order valence-electron chi connectivity index (χ2n) is 3.85. The molecule has 0 atom stereocenters. The van der Waals surface area contributed by atoms with Crippen molar-refractivity contribution in [3.05, 3.63) is 65.5 Å². The van der Waals surface area contributed by atoms with Crippen LogP contribution in [0.3, 0.4) is 0 Å². The van der Waals surface area contributed by atoms with Crippen LogP contribution in [0.5, 0.6) is 0 Å². The Morgan fingerprint density at radius 3 is 2.33 bits per heavy atom. The molecule has 0 aliphatic rings. The predicted molar refractivity (Wildman–Crippen MR) is 71.1 cm³/mol. The van der Waals surface area contributed by atoms with Crippen molar-refractivity contribution in [1.82, 2.24) is 0 Å². The fourth-order valence-electron chi connectivity index (χ4n) is 1.57. The minimum Gasteiger partial charge on any atom is -0.383 e. The van der Waals surface area contributed by atoms with E-state index in [4.69, 9.17) is 11.5 Å². The number of halogens is 1. The summed E-state index contributed by atoms with van der Waals surface area (Å²) in [6.45, 7) is 0.479. The molecule has 18 heavy (non-hydrogen) atoms. The molecule has 0 heterocycles. The van der Waals surface area contributed by atoms with Crippen LogP contribution in [-0.4, -0.2) is 5.84 Å².